The number of hydrogen-bond acceptors (Lipinski definition) is 7. The highest BCUT2D eigenvalue weighted by molar-refractivity contribution is 6.32. The van der Waals surface area contributed by atoms with Crippen LogP contribution in [0.5, 0.6) is 0 Å². The van der Waals surface area contributed by atoms with Crippen LogP contribution in [0.25, 0.3) is 11.1 Å². The second kappa shape index (κ2) is 9.38. The number of hydrogen-bond donors (Lipinski definition) is 5. The van der Waals surface area contributed by atoms with Gasteiger partial charge < -0.3 is 35.4 Å². The number of halogens is 1. The number of aliphatic hydroxyl groups excluding tert-OH is 3. The minimum atomic E-state index is -1.22. The molecule has 4 atom stereocenters. The fourth-order valence-corrected chi connectivity index (χ4v) is 4.85. The Morgan fingerprint density at radius 3 is 2.49 bits per heavy atom. The predicted molar refractivity (Wildman–Crippen MR) is 132 cm³/mol. The Kier molecular flexibility index (Phi) is 6.36. The van der Waals surface area contributed by atoms with Crippen molar-refractivity contribution < 1.29 is 38.8 Å². The van der Waals surface area contributed by atoms with Crippen LogP contribution in [0.15, 0.2) is 54.3 Å². The van der Waals surface area contributed by atoms with E-state index in [1.54, 1.807) is 36.4 Å². The monoisotopic (exact) mass is 510 g/mol. The van der Waals surface area contributed by atoms with Gasteiger partial charge in [0.25, 0.3) is 11.8 Å². The maximum Gasteiger partial charge on any atom is 0.260 e. The lowest BCUT2D eigenvalue weighted by Crippen LogP contribution is -2.40. The number of carbonyl (C=O) groups is 2. The van der Waals surface area contributed by atoms with Crippen LogP contribution in [-0.2, 0) is 14.3 Å². The molecule has 1 saturated heterocycles. The summed E-state index contributed by atoms with van der Waals surface area (Å²) in [6.45, 7) is 3.26. The van der Waals surface area contributed by atoms with Gasteiger partial charge in [-0.05, 0) is 55.8 Å². The number of benzene rings is 2. The van der Waals surface area contributed by atoms with Crippen molar-refractivity contribution in [1.29, 1.82) is 0 Å². The SMILES string of the molecule is CC1(C)OC(=C2C(=O)Nc3cc(F)ccc32)C=C1c1ccc(C(=O)NC[C@H]2O[C@H](CO)[C@@H](O)[C@H]2O)cc1. The molecule has 0 bridgehead atoms. The van der Waals surface area contributed by atoms with E-state index in [4.69, 9.17) is 9.47 Å². The van der Waals surface area contributed by atoms with Crippen molar-refractivity contribution >= 4 is 28.6 Å². The van der Waals surface area contributed by atoms with Crippen LogP contribution >= 0.6 is 0 Å². The van der Waals surface area contributed by atoms with Gasteiger partial charge in [-0.2, -0.15) is 0 Å². The van der Waals surface area contributed by atoms with E-state index in [9.17, 15) is 29.3 Å². The lowest BCUT2D eigenvalue weighted by Gasteiger charge is -2.23. The number of fused-ring (bicyclic) bond motifs is 1. The molecule has 2 aromatic carbocycles. The minimum Gasteiger partial charge on any atom is -0.482 e. The van der Waals surface area contributed by atoms with Gasteiger partial charge in [-0.1, -0.05) is 12.1 Å². The van der Waals surface area contributed by atoms with E-state index in [0.717, 1.165) is 11.1 Å². The van der Waals surface area contributed by atoms with Crippen LogP contribution < -0.4 is 10.6 Å². The highest BCUT2D eigenvalue weighted by Crippen LogP contribution is 2.44. The second-order valence-electron chi connectivity index (χ2n) is 9.72. The van der Waals surface area contributed by atoms with E-state index in [2.05, 4.69) is 10.6 Å². The average Bonchev–Trinajstić information content (AvgIpc) is 3.46. The zero-order chi connectivity index (χ0) is 26.5. The zero-order valence-corrected chi connectivity index (χ0v) is 20.2. The highest BCUT2D eigenvalue weighted by atomic mass is 19.1. The van der Waals surface area contributed by atoms with Crippen molar-refractivity contribution in [1.82, 2.24) is 5.32 Å². The van der Waals surface area contributed by atoms with Crippen molar-refractivity contribution in [2.75, 3.05) is 18.5 Å². The Hall–Kier alpha value is -3.57. The van der Waals surface area contributed by atoms with Crippen molar-refractivity contribution in [2.45, 2.75) is 43.9 Å². The second-order valence-corrected chi connectivity index (χ2v) is 9.72. The third kappa shape index (κ3) is 4.53. The molecule has 0 unspecified atom stereocenters. The Morgan fingerprint density at radius 2 is 1.81 bits per heavy atom. The number of rotatable bonds is 5. The van der Waals surface area contributed by atoms with E-state index >= 15 is 0 Å². The van der Waals surface area contributed by atoms with Crippen LogP contribution in [0.1, 0.15) is 35.3 Å². The molecule has 3 aliphatic heterocycles. The Morgan fingerprint density at radius 1 is 1.11 bits per heavy atom. The van der Waals surface area contributed by atoms with Crippen LogP contribution in [-0.4, -0.2) is 70.3 Å². The number of allylic oxidation sites excluding steroid dienone is 1. The number of amides is 2. The number of carbonyl (C=O) groups excluding carboxylic acids is 2. The summed E-state index contributed by atoms with van der Waals surface area (Å²) in [5.41, 5.74) is 2.49. The molecule has 3 aliphatic rings. The summed E-state index contributed by atoms with van der Waals surface area (Å²) in [7, 11) is 0. The lowest BCUT2D eigenvalue weighted by atomic mass is 9.91. The number of aliphatic hydroxyl groups is 3. The van der Waals surface area contributed by atoms with Crippen molar-refractivity contribution in [3.8, 4) is 0 Å². The smallest absolute Gasteiger partial charge is 0.260 e. The molecule has 0 aliphatic carbocycles. The van der Waals surface area contributed by atoms with Gasteiger partial charge in [-0.25, -0.2) is 4.39 Å². The van der Waals surface area contributed by atoms with Crippen molar-refractivity contribution in [3.63, 3.8) is 0 Å². The van der Waals surface area contributed by atoms with Gasteiger partial charge in [-0.15, -0.1) is 0 Å². The predicted octanol–water partition coefficient (Wildman–Crippen LogP) is 1.59. The molecule has 2 aromatic rings. The standard InChI is InChI=1S/C27H27FN2O7/c1-27(2)17(10-19(37-27)22-16-8-7-15(28)9-18(16)30-26(22)35)13-3-5-14(6-4-13)25(34)29-11-20-23(32)24(33)21(12-31)36-20/h3-10,20-21,23-24,31-33H,11-12H2,1-2H3,(H,29,34)(H,30,35)/t20-,21-,23+,24-/m1/s1. The number of ether oxygens (including phenoxy) is 2. The first kappa shape index (κ1) is 25.1. The van der Waals surface area contributed by atoms with Crippen molar-refractivity contribution in [3.05, 3.63) is 76.8 Å². The van der Waals surface area contributed by atoms with Crippen LogP contribution in [0.4, 0.5) is 10.1 Å². The third-order valence-electron chi connectivity index (χ3n) is 6.82. The van der Waals surface area contributed by atoms with Gasteiger partial charge in [0.2, 0.25) is 0 Å². The van der Waals surface area contributed by atoms with Gasteiger partial charge in [0, 0.05) is 23.2 Å². The molecule has 0 saturated carbocycles. The molecule has 0 spiro atoms. The summed E-state index contributed by atoms with van der Waals surface area (Å²) in [4.78, 5) is 25.3. The van der Waals surface area contributed by atoms with E-state index < -0.39 is 48.3 Å². The molecule has 5 N–H and O–H groups in total. The average molecular weight is 511 g/mol. The minimum absolute atomic E-state index is 0.0360. The fraction of sp³-hybridized carbons (Fsp3) is 0.333. The fourth-order valence-electron chi connectivity index (χ4n) is 4.85. The van der Waals surface area contributed by atoms with Gasteiger partial charge >= 0.3 is 0 Å². The molecule has 2 amide bonds. The first-order chi connectivity index (χ1) is 17.6. The van der Waals surface area contributed by atoms with E-state index in [1.165, 1.54) is 12.1 Å². The molecule has 0 aromatic heterocycles. The topological polar surface area (TPSA) is 137 Å². The molecule has 5 rings (SSSR count). The Bertz CT molecular complexity index is 1320. The van der Waals surface area contributed by atoms with Crippen LogP contribution in [0.3, 0.4) is 0 Å². The summed E-state index contributed by atoms with van der Waals surface area (Å²) in [6.07, 6.45) is -2.39. The van der Waals surface area contributed by atoms with E-state index in [1.807, 2.05) is 13.8 Å². The maximum atomic E-state index is 13.6. The number of nitrogens with one attached hydrogen (secondary N) is 2. The third-order valence-corrected chi connectivity index (χ3v) is 6.82. The van der Waals surface area contributed by atoms with Crippen LogP contribution in [0, 0.1) is 5.82 Å². The Balaban J connectivity index is 1.33. The zero-order valence-electron chi connectivity index (χ0n) is 20.2. The largest absolute Gasteiger partial charge is 0.482 e. The van der Waals surface area contributed by atoms with Gasteiger partial charge in [0.1, 0.15) is 41.6 Å². The summed E-state index contributed by atoms with van der Waals surface area (Å²) >= 11 is 0. The first-order valence-electron chi connectivity index (χ1n) is 11.9. The molecule has 10 heteroatoms. The molecular weight excluding hydrogens is 483 g/mol. The highest BCUT2D eigenvalue weighted by Gasteiger charge is 2.42. The van der Waals surface area contributed by atoms with Gasteiger partial charge in [0.05, 0.1) is 17.9 Å². The summed E-state index contributed by atoms with van der Waals surface area (Å²) in [5.74, 6) is -0.833. The Labute approximate surface area is 212 Å². The lowest BCUT2D eigenvalue weighted by molar-refractivity contribution is -0.111. The molecule has 194 valence electrons. The van der Waals surface area contributed by atoms with Crippen LogP contribution in [0.2, 0.25) is 0 Å². The summed E-state index contributed by atoms with van der Waals surface area (Å²) in [5, 5.41) is 34.4. The molecule has 1 fully saturated rings. The summed E-state index contributed by atoms with van der Waals surface area (Å²) in [6, 6.07) is 10.9. The molecule has 3 heterocycles. The normalized spacial score (nSPS) is 27.9. The summed E-state index contributed by atoms with van der Waals surface area (Å²) < 4.78 is 25.1. The van der Waals surface area contributed by atoms with E-state index in [-0.39, 0.29) is 12.5 Å². The molecule has 9 nitrogen and oxygen atoms in total. The van der Waals surface area contributed by atoms with Crippen molar-refractivity contribution in [2.24, 2.45) is 0 Å². The maximum absolute atomic E-state index is 13.6. The van der Waals surface area contributed by atoms with Gasteiger partial charge in [-0.3, -0.25) is 9.59 Å². The van der Waals surface area contributed by atoms with Gasteiger partial charge in [0.15, 0.2) is 0 Å². The molecular formula is C27H27FN2O7. The first-order valence-corrected chi connectivity index (χ1v) is 11.9. The molecule has 37 heavy (non-hydrogen) atoms. The van der Waals surface area contributed by atoms with E-state index in [0.29, 0.717) is 28.1 Å². The molecule has 0 radical (unpaired) electrons. The quantitative estimate of drug-likeness (QED) is 0.385. The number of anilines is 1.